The Balaban J connectivity index is 1.38. The largest absolute Gasteiger partial charge is 0.486 e. The number of hydrogen-bond donors (Lipinski definition) is 0. The number of nitrogens with zero attached hydrogens (tertiary/aromatic N) is 3. The fraction of sp³-hybridized carbons (Fsp3) is 0.529. The molecule has 2 aromatic rings. The molecule has 126 valence electrons. The Labute approximate surface area is 153 Å². The Morgan fingerprint density at radius 3 is 2.54 bits per heavy atom. The van der Waals surface area contributed by atoms with Gasteiger partial charge in [-0.2, -0.15) is 0 Å². The lowest BCUT2D eigenvalue weighted by molar-refractivity contribution is 0.171. The number of aromatic nitrogens is 3. The zero-order valence-electron chi connectivity index (χ0n) is 13.2. The van der Waals surface area contributed by atoms with Crippen molar-refractivity contribution in [1.29, 1.82) is 0 Å². The molecule has 0 N–H and O–H groups in total. The zero-order chi connectivity index (χ0) is 16.1. The van der Waals surface area contributed by atoms with Crippen LogP contribution in [0.5, 0.6) is 11.5 Å². The van der Waals surface area contributed by atoms with E-state index < -0.39 is 0 Å². The van der Waals surface area contributed by atoms with Crippen LogP contribution < -0.4 is 9.47 Å². The summed E-state index contributed by atoms with van der Waals surface area (Å²) in [6.45, 7) is 1.23. The van der Waals surface area contributed by atoms with Crippen molar-refractivity contribution in [3.05, 3.63) is 28.0 Å². The SMILES string of the molecule is Brc1cc2c(cc1CSc1nnc(C3CC3)n1C1CC1)OCCO2. The summed E-state index contributed by atoms with van der Waals surface area (Å²) in [4.78, 5) is 0. The number of rotatable bonds is 5. The standard InChI is InChI=1S/C17H18BrN3O2S/c18-13-8-15-14(22-5-6-23-15)7-11(13)9-24-17-20-19-16(10-1-2-10)21(17)12-3-4-12/h7-8,10,12H,1-6,9H2. The molecule has 0 spiro atoms. The van der Waals surface area contributed by atoms with Crippen LogP contribution in [-0.4, -0.2) is 28.0 Å². The molecule has 0 bridgehead atoms. The van der Waals surface area contributed by atoms with E-state index in [4.69, 9.17) is 9.47 Å². The minimum absolute atomic E-state index is 0.613. The van der Waals surface area contributed by atoms with Crippen molar-refractivity contribution < 1.29 is 9.47 Å². The fourth-order valence-corrected chi connectivity index (χ4v) is 4.69. The average molecular weight is 408 g/mol. The van der Waals surface area contributed by atoms with Gasteiger partial charge in [0.15, 0.2) is 16.7 Å². The molecule has 0 radical (unpaired) electrons. The Bertz CT molecular complexity index is 786. The molecule has 0 amide bonds. The van der Waals surface area contributed by atoms with Crippen molar-refractivity contribution in [1.82, 2.24) is 14.8 Å². The maximum Gasteiger partial charge on any atom is 0.191 e. The number of thioether (sulfide) groups is 1. The van der Waals surface area contributed by atoms with Gasteiger partial charge in [0.2, 0.25) is 0 Å². The van der Waals surface area contributed by atoms with Gasteiger partial charge >= 0.3 is 0 Å². The molecule has 0 atom stereocenters. The molecule has 1 aromatic carbocycles. The molecule has 24 heavy (non-hydrogen) atoms. The number of fused-ring (bicyclic) bond motifs is 1. The quantitative estimate of drug-likeness (QED) is 0.690. The van der Waals surface area contributed by atoms with Crippen molar-refractivity contribution in [2.24, 2.45) is 0 Å². The van der Waals surface area contributed by atoms with E-state index in [1.54, 1.807) is 11.8 Å². The maximum atomic E-state index is 5.70. The predicted molar refractivity (Wildman–Crippen MR) is 95.0 cm³/mol. The molecule has 0 saturated heterocycles. The van der Waals surface area contributed by atoms with Gasteiger partial charge < -0.3 is 14.0 Å². The van der Waals surface area contributed by atoms with Crippen LogP contribution in [0, 0.1) is 0 Å². The molecule has 2 heterocycles. The second kappa shape index (κ2) is 5.95. The summed E-state index contributed by atoms with van der Waals surface area (Å²) < 4.78 is 14.8. The van der Waals surface area contributed by atoms with Crippen LogP contribution in [0.4, 0.5) is 0 Å². The molecular weight excluding hydrogens is 390 g/mol. The topological polar surface area (TPSA) is 49.2 Å². The maximum absolute atomic E-state index is 5.70. The summed E-state index contributed by atoms with van der Waals surface area (Å²) in [6, 6.07) is 4.71. The predicted octanol–water partition coefficient (Wildman–Crippen LogP) is 4.32. The second-order valence-corrected chi connectivity index (χ2v) is 8.39. The van der Waals surface area contributed by atoms with Crippen LogP contribution in [-0.2, 0) is 5.75 Å². The van der Waals surface area contributed by atoms with Gasteiger partial charge in [-0.05, 0) is 43.4 Å². The number of ether oxygens (including phenoxy) is 2. The molecule has 7 heteroatoms. The summed E-state index contributed by atoms with van der Waals surface area (Å²) in [5, 5.41) is 10.0. The van der Waals surface area contributed by atoms with Gasteiger partial charge in [-0.25, -0.2) is 0 Å². The first kappa shape index (κ1) is 15.1. The van der Waals surface area contributed by atoms with Crippen LogP contribution in [0.25, 0.3) is 0 Å². The summed E-state index contributed by atoms with van der Waals surface area (Å²) in [6.07, 6.45) is 5.06. The van der Waals surface area contributed by atoms with E-state index in [0.29, 0.717) is 25.2 Å². The Morgan fingerprint density at radius 2 is 1.83 bits per heavy atom. The van der Waals surface area contributed by atoms with Crippen molar-refractivity contribution in [3.8, 4) is 11.5 Å². The molecule has 2 saturated carbocycles. The molecule has 0 unspecified atom stereocenters. The Hall–Kier alpha value is -1.21. The first-order valence-corrected chi connectivity index (χ1v) is 10.2. The van der Waals surface area contributed by atoms with Gasteiger partial charge in [0.05, 0.1) is 0 Å². The lowest BCUT2D eigenvalue weighted by Crippen LogP contribution is -2.15. The highest BCUT2D eigenvalue weighted by Gasteiger charge is 2.36. The lowest BCUT2D eigenvalue weighted by Gasteiger charge is -2.19. The number of benzene rings is 1. The zero-order valence-corrected chi connectivity index (χ0v) is 15.6. The Morgan fingerprint density at radius 1 is 1.08 bits per heavy atom. The average Bonchev–Trinajstić information content (AvgIpc) is 3.51. The monoisotopic (exact) mass is 407 g/mol. The summed E-state index contributed by atoms with van der Waals surface area (Å²) in [7, 11) is 0. The van der Waals surface area contributed by atoms with E-state index >= 15 is 0 Å². The Kier molecular flexibility index (Phi) is 3.74. The highest BCUT2D eigenvalue weighted by atomic mass is 79.9. The van der Waals surface area contributed by atoms with Crippen LogP contribution in [0.15, 0.2) is 21.8 Å². The van der Waals surface area contributed by atoms with Crippen LogP contribution in [0.1, 0.15) is 49.0 Å². The second-order valence-electron chi connectivity index (χ2n) is 6.59. The van der Waals surface area contributed by atoms with E-state index in [2.05, 4.69) is 36.8 Å². The normalized spacial score (nSPS) is 19.5. The van der Waals surface area contributed by atoms with Crippen molar-refractivity contribution >= 4 is 27.7 Å². The third kappa shape index (κ3) is 2.81. The van der Waals surface area contributed by atoms with Crippen molar-refractivity contribution in [3.63, 3.8) is 0 Å². The van der Waals surface area contributed by atoms with Gasteiger partial charge in [0.25, 0.3) is 0 Å². The van der Waals surface area contributed by atoms with Gasteiger partial charge in [0, 0.05) is 22.2 Å². The minimum Gasteiger partial charge on any atom is -0.486 e. The number of halogens is 1. The van der Waals surface area contributed by atoms with E-state index in [-0.39, 0.29) is 0 Å². The fourth-order valence-electron chi connectivity index (χ4n) is 3.04. The smallest absolute Gasteiger partial charge is 0.191 e. The molecule has 1 aromatic heterocycles. The van der Waals surface area contributed by atoms with E-state index in [9.17, 15) is 0 Å². The van der Waals surface area contributed by atoms with Crippen LogP contribution in [0.2, 0.25) is 0 Å². The van der Waals surface area contributed by atoms with Gasteiger partial charge in [-0.1, -0.05) is 27.7 Å². The van der Waals surface area contributed by atoms with Gasteiger partial charge in [-0.15, -0.1) is 10.2 Å². The molecule has 5 nitrogen and oxygen atoms in total. The van der Waals surface area contributed by atoms with Crippen LogP contribution >= 0.6 is 27.7 Å². The highest BCUT2D eigenvalue weighted by molar-refractivity contribution is 9.10. The van der Waals surface area contributed by atoms with E-state index in [1.807, 2.05) is 6.07 Å². The summed E-state index contributed by atoms with van der Waals surface area (Å²) >= 11 is 5.42. The third-order valence-corrected chi connectivity index (χ3v) is 6.34. The van der Waals surface area contributed by atoms with Crippen LogP contribution in [0.3, 0.4) is 0 Å². The van der Waals surface area contributed by atoms with E-state index in [1.165, 1.54) is 37.1 Å². The molecule has 1 aliphatic heterocycles. The summed E-state index contributed by atoms with van der Waals surface area (Å²) in [5.74, 6) is 4.35. The van der Waals surface area contributed by atoms with E-state index in [0.717, 1.165) is 26.9 Å². The first-order chi connectivity index (χ1) is 11.8. The molecule has 3 aliphatic rings. The first-order valence-electron chi connectivity index (χ1n) is 8.45. The molecule has 2 aliphatic carbocycles. The lowest BCUT2D eigenvalue weighted by atomic mass is 10.2. The molecular formula is C17H18BrN3O2S. The van der Waals surface area contributed by atoms with Crippen molar-refractivity contribution in [2.75, 3.05) is 13.2 Å². The van der Waals surface area contributed by atoms with Gasteiger partial charge in [-0.3, -0.25) is 0 Å². The van der Waals surface area contributed by atoms with Gasteiger partial charge in [0.1, 0.15) is 19.0 Å². The molecule has 2 fully saturated rings. The minimum atomic E-state index is 0.613. The number of hydrogen-bond acceptors (Lipinski definition) is 5. The molecule has 5 rings (SSSR count). The summed E-state index contributed by atoms with van der Waals surface area (Å²) in [5.41, 5.74) is 1.20. The van der Waals surface area contributed by atoms with Crippen molar-refractivity contribution in [2.45, 2.75) is 48.6 Å². The third-order valence-electron chi connectivity index (χ3n) is 4.61. The highest BCUT2D eigenvalue weighted by Crippen LogP contribution is 2.46.